The van der Waals surface area contributed by atoms with E-state index in [-0.39, 0.29) is 33.1 Å². The molecule has 0 heterocycles. The normalized spacial score (nSPS) is 10.6. The topological polar surface area (TPSA) is 52.6 Å². The molecular formula is C40H80O4S2Sn. The van der Waals surface area contributed by atoms with Crippen LogP contribution in [-0.4, -0.2) is 57.8 Å². The number of unbranched alkanes of at least 4 members (excludes halogenated alkanes) is 16. The van der Waals surface area contributed by atoms with Crippen LogP contribution in [0.3, 0.4) is 0 Å². The number of ether oxygens (including phenoxy) is 2. The summed E-state index contributed by atoms with van der Waals surface area (Å²) in [5.41, 5.74) is 0. The van der Waals surface area contributed by atoms with E-state index in [1.807, 2.05) is 0 Å². The van der Waals surface area contributed by atoms with Crippen LogP contribution in [0.4, 0.5) is 0 Å². The van der Waals surface area contributed by atoms with Crippen LogP contribution in [0.15, 0.2) is 0 Å². The van der Waals surface area contributed by atoms with E-state index in [1.165, 1.54) is 128 Å². The Hall–Kier alpha value is 0.439. The molecule has 0 unspecified atom stereocenters. The summed E-state index contributed by atoms with van der Waals surface area (Å²) in [6.07, 6.45) is 29.9. The van der Waals surface area contributed by atoms with Gasteiger partial charge in [0.15, 0.2) is 0 Å². The maximum absolute atomic E-state index is 11.0. The third-order valence-corrected chi connectivity index (χ3v) is 12.3. The molecule has 0 aliphatic rings. The fourth-order valence-corrected chi connectivity index (χ4v) is 9.33. The first-order valence-electron chi connectivity index (χ1n) is 19.9. The maximum atomic E-state index is 11.0. The molecule has 0 aliphatic carbocycles. The van der Waals surface area contributed by atoms with Crippen molar-refractivity contribution >= 4 is 58.3 Å². The van der Waals surface area contributed by atoms with E-state index in [0.717, 1.165) is 24.7 Å². The molecule has 0 spiro atoms. The molecule has 47 heavy (non-hydrogen) atoms. The summed E-state index contributed by atoms with van der Waals surface area (Å²) in [5.74, 6) is 2.36. The second-order valence-electron chi connectivity index (χ2n) is 13.8. The van der Waals surface area contributed by atoms with Gasteiger partial charge >= 0.3 is 81.5 Å². The third-order valence-electron chi connectivity index (χ3n) is 7.90. The molecular weight excluding hydrogens is 727 g/mol. The molecule has 0 bridgehead atoms. The van der Waals surface area contributed by atoms with E-state index < -0.39 is 0 Å². The summed E-state index contributed by atoms with van der Waals surface area (Å²) < 4.78 is 13.4. The summed E-state index contributed by atoms with van der Waals surface area (Å²) in [4.78, 5) is 22.1. The Morgan fingerprint density at radius 1 is 0.489 bits per heavy atom. The van der Waals surface area contributed by atoms with Crippen LogP contribution >= 0.6 is 0 Å². The Kier molecular flexibility index (Phi) is 51.2. The first kappa shape index (κ1) is 51.8. The zero-order valence-corrected chi connectivity index (χ0v) is 36.8. The number of hydrogen-bond donors (Lipinski definition) is 0. The van der Waals surface area contributed by atoms with Gasteiger partial charge in [-0.15, -0.1) is 0 Å². The first-order valence-corrected chi connectivity index (χ1v) is 25.1. The van der Waals surface area contributed by atoms with Crippen molar-refractivity contribution in [2.45, 2.75) is 205 Å². The zero-order chi connectivity index (χ0) is 35.6. The molecule has 0 saturated carbocycles. The second kappa shape index (κ2) is 46.4. The summed E-state index contributed by atoms with van der Waals surface area (Å²) in [6, 6.07) is 0. The average Bonchev–Trinajstić information content (AvgIpc) is 3.03. The summed E-state index contributed by atoms with van der Waals surface area (Å²) in [7, 11) is 0. The average molecular weight is 808 g/mol. The Bertz CT molecular complexity index is 555. The molecule has 0 fully saturated rings. The number of hydrogen-bond acceptors (Lipinski definition) is 6. The molecule has 0 amide bonds. The molecule has 280 valence electrons. The first-order chi connectivity index (χ1) is 22.7. The molecule has 0 aliphatic heterocycles. The van der Waals surface area contributed by atoms with Crippen molar-refractivity contribution in [2.24, 2.45) is 11.8 Å². The minimum atomic E-state index is -0.139. The van der Waals surface area contributed by atoms with Crippen LogP contribution in [-0.2, 0) is 44.3 Å². The van der Waals surface area contributed by atoms with Gasteiger partial charge in [-0.3, -0.25) is 9.59 Å². The van der Waals surface area contributed by atoms with Crippen molar-refractivity contribution in [3.05, 3.63) is 0 Å². The number of carbonyl (C=O) groups excluding carboxylic acids is 2. The third kappa shape index (κ3) is 56.1. The molecule has 0 aromatic rings. The van der Waals surface area contributed by atoms with E-state index in [2.05, 4.69) is 41.5 Å². The van der Waals surface area contributed by atoms with Gasteiger partial charge in [-0.1, -0.05) is 130 Å². The fraction of sp³-hybridized carbons (Fsp3) is 0.950. The predicted octanol–water partition coefficient (Wildman–Crippen LogP) is 12.4. The van der Waals surface area contributed by atoms with Crippen LogP contribution in [0.2, 0.25) is 8.87 Å². The standard InChI is InChI=1S/2C16H32O2S.2C4H9.Sn/c2*1-15(2)11-9-7-5-3-4-6-8-10-13-18-16(17)12-14-19;2*1-3-4-2;/h2*15,19H,3-14H2,1-2H3;2*1,3-4H2,2H3;/q;;;;+2/p-2. The SMILES string of the molecule is CC(C)CCCCCCCCCCOC(=O)CC[S-].CC(C)CCCCCCCCCCOC(=O)CC[S-].CCC[CH2][Sn+2][CH2]CCC. The van der Waals surface area contributed by atoms with Gasteiger partial charge in [0, 0.05) is 12.8 Å². The number of carbonyl (C=O) groups is 2. The van der Waals surface area contributed by atoms with Crippen LogP contribution in [0, 0.1) is 11.8 Å². The Labute approximate surface area is 316 Å². The van der Waals surface area contributed by atoms with Gasteiger partial charge in [0.2, 0.25) is 0 Å². The van der Waals surface area contributed by atoms with E-state index in [0.29, 0.717) is 37.6 Å². The number of rotatable bonds is 32. The van der Waals surface area contributed by atoms with E-state index >= 15 is 0 Å². The van der Waals surface area contributed by atoms with Gasteiger partial charge in [-0.25, -0.2) is 0 Å². The Balaban J connectivity index is -0.000000658. The van der Waals surface area contributed by atoms with Gasteiger partial charge in [0.05, 0.1) is 13.2 Å². The molecule has 0 rings (SSSR count). The molecule has 0 aromatic carbocycles. The molecule has 0 aromatic heterocycles. The Morgan fingerprint density at radius 2 is 0.787 bits per heavy atom. The van der Waals surface area contributed by atoms with Crippen molar-refractivity contribution in [1.29, 1.82) is 0 Å². The van der Waals surface area contributed by atoms with Crippen LogP contribution < -0.4 is 0 Å². The molecule has 7 heteroatoms. The monoisotopic (exact) mass is 808 g/mol. The molecule has 0 atom stereocenters. The van der Waals surface area contributed by atoms with E-state index in [1.54, 1.807) is 8.87 Å². The zero-order valence-electron chi connectivity index (χ0n) is 32.3. The summed E-state index contributed by atoms with van der Waals surface area (Å²) in [6.45, 7) is 14.9. The molecule has 0 radical (unpaired) electrons. The number of esters is 2. The predicted molar refractivity (Wildman–Crippen MR) is 214 cm³/mol. The van der Waals surface area contributed by atoms with Crippen LogP contribution in [0.1, 0.15) is 196 Å². The summed E-state index contributed by atoms with van der Waals surface area (Å²) in [5, 5.41) is 0. The van der Waals surface area contributed by atoms with Crippen molar-refractivity contribution in [3.63, 3.8) is 0 Å². The van der Waals surface area contributed by atoms with Gasteiger partial charge < -0.3 is 34.7 Å². The molecule has 0 saturated heterocycles. The van der Waals surface area contributed by atoms with Crippen molar-refractivity contribution in [3.8, 4) is 0 Å². The van der Waals surface area contributed by atoms with Crippen molar-refractivity contribution in [1.82, 2.24) is 0 Å². The van der Waals surface area contributed by atoms with Crippen LogP contribution in [0.5, 0.6) is 0 Å². The van der Waals surface area contributed by atoms with Gasteiger partial charge in [-0.05, 0) is 24.7 Å². The van der Waals surface area contributed by atoms with Gasteiger partial charge in [0.25, 0.3) is 0 Å². The van der Waals surface area contributed by atoms with Gasteiger partial charge in [0.1, 0.15) is 0 Å². The van der Waals surface area contributed by atoms with Crippen LogP contribution in [0.25, 0.3) is 0 Å². The minimum absolute atomic E-state index is 0.139. The van der Waals surface area contributed by atoms with E-state index in [4.69, 9.17) is 34.7 Å². The quantitative estimate of drug-likeness (QED) is 0.0292. The summed E-state index contributed by atoms with van der Waals surface area (Å²) >= 11 is 9.59. The van der Waals surface area contributed by atoms with Crippen molar-refractivity contribution in [2.75, 3.05) is 24.7 Å². The second-order valence-corrected chi connectivity index (χ2v) is 18.9. The van der Waals surface area contributed by atoms with Crippen molar-refractivity contribution < 1.29 is 19.1 Å². The Morgan fingerprint density at radius 3 is 1.06 bits per heavy atom. The molecule has 4 nitrogen and oxygen atoms in total. The van der Waals surface area contributed by atoms with Gasteiger partial charge in [-0.2, -0.15) is 11.5 Å². The van der Waals surface area contributed by atoms with E-state index in [9.17, 15) is 9.59 Å². The fourth-order valence-electron chi connectivity index (χ4n) is 4.84. The molecule has 0 N–H and O–H groups in total.